The summed E-state index contributed by atoms with van der Waals surface area (Å²) in [5.41, 5.74) is 12.8. The van der Waals surface area contributed by atoms with Gasteiger partial charge in [-0.1, -0.05) is 6.92 Å². The third-order valence-corrected chi connectivity index (χ3v) is 3.38. The first-order valence-corrected chi connectivity index (χ1v) is 6.41. The van der Waals surface area contributed by atoms with Crippen molar-refractivity contribution in [3.63, 3.8) is 0 Å². The Hall–Kier alpha value is -0.740. The van der Waals surface area contributed by atoms with Gasteiger partial charge in [-0.3, -0.25) is 0 Å². The van der Waals surface area contributed by atoms with Crippen LogP contribution >= 0.6 is 11.8 Å². The molecule has 15 heavy (non-hydrogen) atoms. The van der Waals surface area contributed by atoms with Gasteiger partial charge in [-0.2, -0.15) is 11.8 Å². The van der Waals surface area contributed by atoms with Gasteiger partial charge in [-0.05, 0) is 36.3 Å². The number of pyridine rings is 1. The lowest BCUT2D eigenvalue weighted by molar-refractivity contribution is 0.748. The zero-order valence-corrected chi connectivity index (χ0v) is 9.96. The van der Waals surface area contributed by atoms with Crippen molar-refractivity contribution in [2.24, 2.45) is 5.73 Å². The molecule has 0 saturated heterocycles. The number of anilines is 1. The van der Waals surface area contributed by atoms with Crippen LogP contribution in [0, 0.1) is 0 Å². The zero-order chi connectivity index (χ0) is 11.1. The van der Waals surface area contributed by atoms with E-state index < -0.39 is 0 Å². The van der Waals surface area contributed by atoms with E-state index in [4.69, 9.17) is 11.5 Å². The van der Waals surface area contributed by atoms with E-state index in [1.807, 2.05) is 23.9 Å². The number of rotatable bonds is 6. The summed E-state index contributed by atoms with van der Waals surface area (Å²) in [6.45, 7) is 2.18. The fourth-order valence-corrected chi connectivity index (χ4v) is 2.24. The Morgan fingerprint density at radius 2 is 2.33 bits per heavy atom. The van der Waals surface area contributed by atoms with Gasteiger partial charge < -0.3 is 11.5 Å². The summed E-state index contributed by atoms with van der Waals surface area (Å²) in [4.78, 5) is 3.95. The van der Waals surface area contributed by atoms with Crippen molar-refractivity contribution < 1.29 is 0 Å². The van der Waals surface area contributed by atoms with E-state index in [-0.39, 0.29) is 6.04 Å². The van der Waals surface area contributed by atoms with Gasteiger partial charge in [0.05, 0.1) is 0 Å². The van der Waals surface area contributed by atoms with Gasteiger partial charge in [0.1, 0.15) is 5.82 Å². The third kappa shape index (κ3) is 5.04. The lowest BCUT2D eigenvalue weighted by Crippen LogP contribution is -2.25. The molecule has 0 saturated carbocycles. The predicted octanol–water partition coefficient (Wildman–Crippen LogP) is 1.68. The molecule has 1 aromatic rings. The van der Waals surface area contributed by atoms with Crippen LogP contribution in [0.25, 0.3) is 0 Å². The maximum Gasteiger partial charge on any atom is 0.123 e. The second-order valence-corrected chi connectivity index (χ2v) is 4.78. The molecule has 0 fully saturated rings. The lowest BCUT2D eigenvalue weighted by atomic mass is 10.1. The van der Waals surface area contributed by atoms with Crippen LogP contribution in [0.3, 0.4) is 0 Å². The number of thioether (sulfide) groups is 1. The van der Waals surface area contributed by atoms with Crippen LogP contribution in [0.2, 0.25) is 0 Å². The molecular weight excluding hydrogens is 206 g/mol. The molecule has 0 aliphatic carbocycles. The average molecular weight is 225 g/mol. The average Bonchev–Trinajstić information content (AvgIpc) is 2.18. The Morgan fingerprint density at radius 1 is 1.53 bits per heavy atom. The summed E-state index contributed by atoms with van der Waals surface area (Å²) in [7, 11) is 0. The molecule has 84 valence electrons. The molecule has 4 heteroatoms. The van der Waals surface area contributed by atoms with Crippen LogP contribution < -0.4 is 11.5 Å². The van der Waals surface area contributed by atoms with Crippen LogP contribution in [0.5, 0.6) is 0 Å². The molecule has 1 atom stereocenters. The van der Waals surface area contributed by atoms with Crippen molar-refractivity contribution in [1.82, 2.24) is 4.98 Å². The molecule has 1 aromatic heterocycles. The standard InChI is InChI=1S/C11H19N3S/c1-2-5-15-8-10(12)6-9-3-4-14-11(13)7-9/h3-4,7,10H,2,5-6,8,12H2,1H3,(H2,13,14). The first kappa shape index (κ1) is 12.3. The van der Waals surface area contributed by atoms with Gasteiger partial charge in [0.25, 0.3) is 0 Å². The summed E-state index contributed by atoms with van der Waals surface area (Å²) >= 11 is 1.91. The van der Waals surface area contributed by atoms with Gasteiger partial charge in [0.2, 0.25) is 0 Å². The summed E-state index contributed by atoms with van der Waals surface area (Å²) in [5, 5.41) is 0. The number of hydrogen-bond donors (Lipinski definition) is 2. The molecule has 1 heterocycles. The molecule has 0 aromatic carbocycles. The maximum atomic E-state index is 6.01. The topological polar surface area (TPSA) is 64.9 Å². The van der Waals surface area contributed by atoms with Gasteiger partial charge in [0.15, 0.2) is 0 Å². The fourth-order valence-electron chi connectivity index (χ4n) is 1.36. The Bertz CT molecular complexity index is 291. The zero-order valence-electron chi connectivity index (χ0n) is 9.15. The van der Waals surface area contributed by atoms with Crippen molar-refractivity contribution >= 4 is 17.6 Å². The summed E-state index contributed by atoms with van der Waals surface area (Å²) in [5.74, 6) is 2.77. The van der Waals surface area contributed by atoms with Crippen LogP contribution in [-0.2, 0) is 6.42 Å². The van der Waals surface area contributed by atoms with Crippen molar-refractivity contribution in [2.75, 3.05) is 17.2 Å². The second-order valence-electron chi connectivity index (χ2n) is 3.63. The SMILES string of the molecule is CCCSCC(N)Cc1ccnc(N)c1. The molecule has 0 amide bonds. The normalized spacial score (nSPS) is 12.7. The van der Waals surface area contributed by atoms with Crippen molar-refractivity contribution in [3.8, 4) is 0 Å². The van der Waals surface area contributed by atoms with Crippen LogP contribution in [0.1, 0.15) is 18.9 Å². The van der Waals surface area contributed by atoms with Crippen molar-refractivity contribution in [1.29, 1.82) is 0 Å². The smallest absolute Gasteiger partial charge is 0.123 e. The van der Waals surface area contributed by atoms with E-state index in [9.17, 15) is 0 Å². The highest BCUT2D eigenvalue weighted by atomic mass is 32.2. The molecule has 0 radical (unpaired) electrons. The fraction of sp³-hybridized carbons (Fsp3) is 0.545. The van der Waals surface area contributed by atoms with E-state index in [0.29, 0.717) is 5.82 Å². The molecule has 1 rings (SSSR count). The van der Waals surface area contributed by atoms with Crippen LogP contribution in [0.15, 0.2) is 18.3 Å². The molecule has 3 nitrogen and oxygen atoms in total. The summed E-state index contributed by atoms with van der Waals surface area (Å²) in [6, 6.07) is 4.08. The molecule has 0 aliphatic heterocycles. The van der Waals surface area contributed by atoms with E-state index >= 15 is 0 Å². The van der Waals surface area contributed by atoms with Crippen molar-refractivity contribution in [2.45, 2.75) is 25.8 Å². The van der Waals surface area contributed by atoms with Gasteiger partial charge in [-0.15, -0.1) is 0 Å². The van der Waals surface area contributed by atoms with Crippen LogP contribution in [-0.4, -0.2) is 22.5 Å². The predicted molar refractivity (Wildman–Crippen MR) is 67.9 cm³/mol. The molecule has 0 bridgehead atoms. The van der Waals surface area contributed by atoms with E-state index in [2.05, 4.69) is 11.9 Å². The molecular formula is C11H19N3S. The first-order valence-electron chi connectivity index (χ1n) is 5.26. The minimum Gasteiger partial charge on any atom is -0.384 e. The largest absolute Gasteiger partial charge is 0.384 e. The maximum absolute atomic E-state index is 6.01. The molecule has 0 spiro atoms. The Labute approximate surface area is 95.6 Å². The van der Waals surface area contributed by atoms with Gasteiger partial charge >= 0.3 is 0 Å². The minimum absolute atomic E-state index is 0.211. The quantitative estimate of drug-likeness (QED) is 0.723. The number of nitrogens with zero attached hydrogens (tertiary/aromatic N) is 1. The first-order chi connectivity index (χ1) is 7.22. The minimum atomic E-state index is 0.211. The van der Waals surface area contributed by atoms with Gasteiger partial charge in [0, 0.05) is 18.0 Å². The Kier molecular flexibility index (Phi) is 5.50. The Morgan fingerprint density at radius 3 is 3.00 bits per heavy atom. The molecule has 0 aliphatic rings. The highest BCUT2D eigenvalue weighted by Crippen LogP contribution is 2.09. The molecule has 4 N–H and O–H groups in total. The highest BCUT2D eigenvalue weighted by Gasteiger charge is 2.04. The van der Waals surface area contributed by atoms with E-state index in [0.717, 1.165) is 12.2 Å². The number of hydrogen-bond acceptors (Lipinski definition) is 4. The monoisotopic (exact) mass is 225 g/mol. The number of nitrogens with two attached hydrogens (primary N) is 2. The number of nitrogen functional groups attached to an aromatic ring is 1. The van der Waals surface area contributed by atoms with Crippen molar-refractivity contribution in [3.05, 3.63) is 23.9 Å². The lowest BCUT2D eigenvalue weighted by Gasteiger charge is -2.10. The number of aromatic nitrogens is 1. The third-order valence-electron chi connectivity index (χ3n) is 2.02. The summed E-state index contributed by atoms with van der Waals surface area (Å²) < 4.78 is 0. The highest BCUT2D eigenvalue weighted by molar-refractivity contribution is 7.99. The van der Waals surface area contributed by atoms with Gasteiger partial charge in [-0.25, -0.2) is 4.98 Å². The van der Waals surface area contributed by atoms with E-state index in [1.54, 1.807) is 6.20 Å². The van der Waals surface area contributed by atoms with E-state index in [1.165, 1.54) is 17.7 Å². The molecule has 1 unspecified atom stereocenters. The van der Waals surface area contributed by atoms with Crippen LogP contribution in [0.4, 0.5) is 5.82 Å². The second kappa shape index (κ2) is 6.69. The summed E-state index contributed by atoms with van der Waals surface area (Å²) in [6.07, 6.45) is 3.82. The Balaban J connectivity index is 2.34.